The maximum atomic E-state index is 11.9. The first kappa shape index (κ1) is 23.4. The summed E-state index contributed by atoms with van der Waals surface area (Å²) < 4.78 is 54.6. The third-order valence-corrected chi connectivity index (χ3v) is 6.35. The average molecular weight is 476 g/mol. The Kier molecular flexibility index (Phi) is 7.25. The number of nitrogens with zero attached hydrogens (tertiary/aromatic N) is 2. The molecule has 0 amide bonds. The molecule has 0 bridgehead atoms. The van der Waals surface area contributed by atoms with Crippen molar-refractivity contribution >= 4 is 44.0 Å². The summed E-state index contributed by atoms with van der Waals surface area (Å²) in [5, 5.41) is 17.3. The third-order valence-electron chi connectivity index (χ3n) is 4.14. The number of aliphatic imine (C=N–C) groups is 2. The fraction of sp³-hybridized carbons (Fsp3) is 0. The van der Waals surface area contributed by atoms with Gasteiger partial charge in [-0.2, -0.15) is 16.8 Å². The number of para-hydroxylation sites is 2. The van der Waals surface area contributed by atoms with Crippen LogP contribution in [-0.4, -0.2) is 39.8 Å². The number of rotatable bonds is 8. The second kappa shape index (κ2) is 9.91. The Balaban J connectivity index is 1.98. The molecule has 10 nitrogen and oxygen atoms in total. The van der Waals surface area contributed by atoms with E-state index in [0.29, 0.717) is 11.4 Å². The van der Waals surface area contributed by atoms with Gasteiger partial charge in [0.2, 0.25) is 0 Å². The van der Waals surface area contributed by atoms with E-state index in [4.69, 9.17) is 10.5 Å². The maximum absolute atomic E-state index is 11.9. The van der Waals surface area contributed by atoms with Crippen molar-refractivity contribution in [3.8, 4) is 0 Å². The fourth-order valence-corrected chi connectivity index (χ4v) is 4.14. The van der Waals surface area contributed by atoms with Gasteiger partial charge in [0.15, 0.2) is 0 Å². The van der Waals surface area contributed by atoms with E-state index in [1.54, 1.807) is 36.4 Å². The molecule has 0 saturated heterocycles. The molecule has 3 rings (SSSR count). The van der Waals surface area contributed by atoms with E-state index >= 15 is 0 Å². The topological polar surface area (TPSA) is 152 Å². The normalized spacial score (nSPS) is 12.6. The quantitative estimate of drug-likeness (QED) is 0.284. The minimum absolute atomic E-state index is 0.164. The molecule has 0 radical (unpaired) electrons. The van der Waals surface area contributed by atoms with Gasteiger partial charge in [0, 0.05) is 23.6 Å². The smallest absolute Gasteiger partial charge is 0.254 e. The fourth-order valence-electron chi connectivity index (χ4n) is 2.67. The molecule has 0 atom stereocenters. The molecule has 2 N–H and O–H groups in total. The first-order chi connectivity index (χ1) is 15.3. The van der Waals surface area contributed by atoms with Crippen LogP contribution in [0.3, 0.4) is 0 Å². The van der Waals surface area contributed by atoms with Gasteiger partial charge in [0.05, 0.1) is 11.4 Å². The summed E-state index contributed by atoms with van der Waals surface area (Å²) in [6, 6.07) is 18.1. The molecule has 0 fully saturated rings. The van der Waals surface area contributed by atoms with Gasteiger partial charge in [0.1, 0.15) is 9.79 Å². The van der Waals surface area contributed by atoms with Gasteiger partial charge < -0.3 is 0 Å². The molecule has 0 aliphatic carbocycles. The van der Waals surface area contributed by atoms with Crippen LogP contribution in [-0.2, 0) is 28.9 Å². The average Bonchev–Trinajstić information content (AvgIpc) is 2.82. The van der Waals surface area contributed by atoms with E-state index in [1.165, 1.54) is 48.8 Å². The Morgan fingerprint density at radius 1 is 0.594 bits per heavy atom. The van der Waals surface area contributed by atoms with E-state index in [1.807, 2.05) is 0 Å². The van der Waals surface area contributed by atoms with Crippen LogP contribution in [0.1, 0.15) is 11.1 Å². The second-order valence-corrected chi connectivity index (χ2v) is 9.13. The van der Waals surface area contributed by atoms with E-state index in [0.717, 1.165) is 0 Å². The molecule has 0 heterocycles. The van der Waals surface area contributed by atoms with Gasteiger partial charge >= 0.3 is 20.2 Å². The van der Waals surface area contributed by atoms with E-state index in [2.05, 4.69) is 18.7 Å². The Morgan fingerprint density at radius 2 is 0.938 bits per heavy atom. The lowest BCUT2D eigenvalue weighted by Crippen LogP contribution is -2.06. The number of hydrogen-bond donors (Lipinski definition) is 2. The molecule has 0 spiro atoms. The van der Waals surface area contributed by atoms with Crippen molar-refractivity contribution in [2.45, 2.75) is 9.79 Å². The van der Waals surface area contributed by atoms with Crippen LogP contribution in [0.5, 0.6) is 0 Å². The Hall–Kier alpha value is -3.26. The molecule has 0 saturated carbocycles. The first-order valence-corrected chi connectivity index (χ1v) is 11.6. The van der Waals surface area contributed by atoms with Gasteiger partial charge in [-0.15, -0.1) is 8.67 Å². The zero-order valence-corrected chi connectivity index (χ0v) is 17.8. The lowest BCUT2D eigenvalue weighted by atomic mass is 10.2. The lowest BCUT2D eigenvalue weighted by molar-refractivity contribution is -0.130. The monoisotopic (exact) mass is 476 g/mol. The molecule has 0 aromatic heterocycles. The Bertz CT molecular complexity index is 1280. The molecule has 32 heavy (non-hydrogen) atoms. The standard InChI is InChI=1S/C20H16N2O8S2/c23-29-31(25,26)19-11-5-1-7-15(19)13-21-17-9-3-4-10-18(17)22-14-16-8-2-6-12-20(16)32(27,28)30-24/h1-14,23-24H. The van der Waals surface area contributed by atoms with Gasteiger partial charge in [-0.3, -0.25) is 9.98 Å². The summed E-state index contributed by atoms with van der Waals surface area (Å²) in [6.45, 7) is 0. The summed E-state index contributed by atoms with van der Waals surface area (Å²) in [7, 11) is -8.73. The van der Waals surface area contributed by atoms with Crippen molar-refractivity contribution in [1.29, 1.82) is 0 Å². The van der Waals surface area contributed by atoms with Crippen molar-refractivity contribution in [1.82, 2.24) is 0 Å². The second-order valence-electron chi connectivity index (χ2n) is 6.14. The van der Waals surface area contributed by atoms with Crippen LogP contribution in [0, 0.1) is 0 Å². The molecule has 12 heteroatoms. The predicted octanol–water partition coefficient (Wildman–Crippen LogP) is 3.54. The molecule has 0 aliphatic rings. The van der Waals surface area contributed by atoms with Gasteiger partial charge in [-0.05, 0) is 24.3 Å². The van der Waals surface area contributed by atoms with Crippen LogP contribution < -0.4 is 0 Å². The highest BCUT2D eigenvalue weighted by atomic mass is 32.2. The molecular weight excluding hydrogens is 460 g/mol. The highest BCUT2D eigenvalue weighted by Crippen LogP contribution is 2.28. The molecule has 0 aliphatic heterocycles. The minimum Gasteiger partial charge on any atom is -0.254 e. The lowest BCUT2D eigenvalue weighted by Gasteiger charge is -2.05. The summed E-state index contributed by atoms with van der Waals surface area (Å²) in [6.07, 6.45) is 2.52. The largest absolute Gasteiger partial charge is 0.323 e. The van der Waals surface area contributed by atoms with Gasteiger partial charge in [-0.1, -0.05) is 48.5 Å². The van der Waals surface area contributed by atoms with Crippen molar-refractivity contribution in [3.05, 3.63) is 83.9 Å². The molecular formula is C20H16N2O8S2. The van der Waals surface area contributed by atoms with Gasteiger partial charge in [-0.25, -0.2) is 10.5 Å². The van der Waals surface area contributed by atoms with Crippen LogP contribution >= 0.6 is 0 Å². The van der Waals surface area contributed by atoms with Gasteiger partial charge in [0.25, 0.3) is 0 Å². The SMILES string of the molecule is O=S(=O)(OO)c1ccccc1C=Nc1ccccc1N=Cc1ccccc1S(=O)(=O)OO. The van der Waals surface area contributed by atoms with E-state index in [9.17, 15) is 16.8 Å². The summed E-state index contributed by atoms with van der Waals surface area (Å²) >= 11 is 0. The molecule has 3 aromatic rings. The first-order valence-electron chi connectivity index (χ1n) is 8.80. The zero-order valence-electron chi connectivity index (χ0n) is 16.1. The molecule has 166 valence electrons. The number of hydrogen-bond acceptors (Lipinski definition) is 10. The van der Waals surface area contributed by atoms with Crippen molar-refractivity contribution in [2.24, 2.45) is 9.98 Å². The van der Waals surface area contributed by atoms with Crippen LogP contribution in [0.25, 0.3) is 0 Å². The third kappa shape index (κ3) is 5.31. The highest BCUT2D eigenvalue weighted by Gasteiger charge is 2.19. The number of benzene rings is 3. The maximum Gasteiger partial charge on any atom is 0.323 e. The minimum atomic E-state index is -4.37. The summed E-state index contributed by atoms with van der Waals surface area (Å²) in [4.78, 5) is 7.96. The predicted molar refractivity (Wildman–Crippen MR) is 116 cm³/mol. The zero-order chi connectivity index (χ0) is 23.2. The summed E-state index contributed by atoms with van der Waals surface area (Å²) in [5.41, 5.74) is 1.02. The summed E-state index contributed by atoms with van der Waals surface area (Å²) in [5.74, 6) is 0. The van der Waals surface area contributed by atoms with Crippen molar-refractivity contribution < 1.29 is 36.0 Å². The Labute approximate surface area is 183 Å². The van der Waals surface area contributed by atoms with Crippen LogP contribution in [0.2, 0.25) is 0 Å². The Morgan fingerprint density at radius 3 is 1.31 bits per heavy atom. The van der Waals surface area contributed by atoms with E-state index in [-0.39, 0.29) is 20.9 Å². The van der Waals surface area contributed by atoms with Crippen LogP contribution in [0.15, 0.2) is 92.6 Å². The molecule has 0 unspecified atom stereocenters. The van der Waals surface area contributed by atoms with Crippen LogP contribution in [0.4, 0.5) is 11.4 Å². The van der Waals surface area contributed by atoms with Crippen molar-refractivity contribution in [3.63, 3.8) is 0 Å². The van der Waals surface area contributed by atoms with Crippen molar-refractivity contribution in [2.75, 3.05) is 0 Å². The molecule has 3 aromatic carbocycles. The highest BCUT2D eigenvalue weighted by molar-refractivity contribution is 7.87. The van der Waals surface area contributed by atoms with E-state index < -0.39 is 20.2 Å².